The molecule has 2 aliphatic rings. The van der Waals surface area contributed by atoms with Gasteiger partial charge in [-0.2, -0.15) is 0 Å². The van der Waals surface area contributed by atoms with E-state index in [1.165, 1.54) is 17.7 Å². The molecule has 1 aromatic heterocycles. The summed E-state index contributed by atoms with van der Waals surface area (Å²) in [6.07, 6.45) is 5.68. The fourth-order valence-electron chi connectivity index (χ4n) is 4.73. The van der Waals surface area contributed by atoms with Crippen LogP contribution in [0, 0.1) is 5.82 Å². The molecule has 5 rings (SSSR count). The lowest BCUT2D eigenvalue weighted by molar-refractivity contribution is 0.0571. The molecule has 1 amide bonds. The molecular formula is C21H20FN3O. The van der Waals surface area contributed by atoms with Crippen LogP contribution in [0.4, 0.5) is 4.39 Å². The second-order valence-electron chi connectivity index (χ2n) is 7.45. The Morgan fingerprint density at radius 3 is 2.54 bits per heavy atom. The van der Waals surface area contributed by atoms with Gasteiger partial charge >= 0.3 is 0 Å². The van der Waals surface area contributed by atoms with Gasteiger partial charge in [0, 0.05) is 17.6 Å². The van der Waals surface area contributed by atoms with E-state index in [0.717, 1.165) is 42.3 Å². The normalized spacial score (nSPS) is 25.0. The Hall–Kier alpha value is -2.69. The van der Waals surface area contributed by atoms with Crippen LogP contribution in [-0.4, -0.2) is 32.9 Å². The zero-order valence-electron chi connectivity index (χ0n) is 14.4. The summed E-state index contributed by atoms with van der Waals surface area (Å²) in [4.78, 5) is 22.5. The number of benzene rings is 2. The van der Waals surface area contributed by atoms with Crippen molar-refractivity contribution >= 4 is 16.9 Å². The number of halogens is 1. The molecule has 4 nitrogen and oxygen atoms in total. The number of carbonyl (C=O) groups is 1. The molecule has 132 valence electrons. The predicted molar refractivity (Wildman–Crippen MR) is 97.4 cm³/mol. The number of hydrogen-bond donors (Lipinski definition) is 1. The van der Waals surface area contributed by atoms with Crippen molar-refractivity contribution in [3.8, 4) is 0 Å². The van der Waals surface area contributed by atoms with E-state index in [1.54, 1.807) is 6.33 Å². The van der Waals surface area contributed by atoms with Crippen LogP contribution in [0.1, 0.15) is 47.5 Å². The minimum atomic E-state index is -0.196. The first-order chi connectivity index (χ1) is 12.7. The lowest BCUT2D eigenvalue weighted by atomic mass is 9.85. The predicted octanol–water partition coefficient (Wildman–Crippen LogP) is 4.25. The number of aromatic amines is 1. The molecule has 0 radical (unpaired) electrons. The molecule has 3 aromatic rings. The van der Waals surface area contributed by atoms with E-state index in [2.05, 4.69) is 14.9 Å². The number of H-pyrrole nitrogens is 1. The molecule has 2 bridgehead atoms. The minimum Gasteiger partial charge on any atom is -0.345 e. The molecule has 26 heavy (non-hydrogen) atoms. The van der Waals surface area contributed by atoms with E-state index in [4.69, 9.17) is 0 Å². The number of imidazole rings is 1. The summed E-state index contributed by atoms with van der Waals surface area (Å²) in [5.41, 5.74) is 3.68. The Morgan fingerprint density at radius 1 is 1.08 bits per heavy atom. The molecule has 2 saturated heterocycles. The number of rotatable bonds is 2. The van der Waals surface area contributed by atoms with Crippen molar-refractivity contribution in [2.45, 2.75) is 43.7 Å². The fraction of sp³-hybridized carbons (Fsp3) is 0.333. The van der Waals surface area contributed by atoms with Gasteiger partial charge in [0.25, 0.3) is 5.91 Å². The van der Waals surface area contributed by atoms with Crippen LogP contribution < -0.4 is 0 Å². The molecule has 3 heterocycles. The van der Waals surface area contributed by atoms with E-state index < -0.39 is 0 Å². The molecular weight excluding hydrogens is 329 g/mol. The highest BCUT2D eigenvalue weighted by atomic mass is 19.1. The summed E-state index contributed by atoms with van der Waals surface area (Å²) in [5.74, 6) is 0.331. The summed E-state index contributed by atoms with van der Waals surface area (Å²) >= 11 is 0. The first-order valence-electron chi connectivity index (χ1n) is 9.20. The molecule has 2 aromatic carbocycles. The molecule has 1 N–H and O–H groups in total. The topological polar surface area (TPSA) is 49.0 Å². The summed E-state index contributed by atoms with van der Waals surface area (Å²) in [7, 11) is 0. The van der Waals surface area contributed by atoms with Gasteiger partial charge in [-0.05, 0) is 67.5 Å². The highest BCUT2D eigenvalue weighted by Crippen LogP contribution is 2.43. The zero-order valence-corrected chi connectivity index (χ0v) is 14.4. The average molecular weight is 349 g/mol. The van der Waals surface area contributed by atoms with E-state index in [-0.39, 0.29) is 23.8 Å². The van der Waals surface area contributed by atoms with Crippen molar-refractivity contribution < 1.29 is 9.18 Å². The monoisotopic (exact) mass is 349 g/mol. The molecule has 0 aliphatic carbocycles. The number of nitrogens with zero attached hydrogens (tertiary/aromatic N) is 2. The first-order valence-corrected chi connectivity index (χ1v) is 9.20. The minimum absolute atomic E-state index is 0.117. The third kappa shape index (κ3) is 2.50. The van der Waals surface area contributed by atoms with E-state index in [1.807, 2.05) is 30.3 Å². The third-order valence-corrected chi connectivity index (χ3v) is 5.98. The first kappa shape index (κ1) is 15.6. The Kier molecular flexibility index (Phi) is 3.55. The molecule has 2 aliphatic heterocycles. The molecule has 3 atom stereocenters. The Bertz CT molecular complexity index is 951. The van der Waals surface area contributed by atoms with Gasteiger partial charge in [-0.3, -0.25) is 4.79 Å². The fourth-order valence-corrected chi connectivity index (χ4v) is 4.73. The SMILES string of the molecule is O=C(c1ccc2nc[nH]c2c1)N1[C@@H]2CC[C@H]1CC(c1ccc(F)cc1)C2. The van der Waals surface area contributed by atoms with Crippen LogP contribution in [-0.2, 0) is 0 Å². The van der Waals surface area contributed by atoms with Crippen molar-refractivity contribution in [3.05, 3.63) is 65.7 Å². The number of nitrogens with one attached hydrogen (secondary N) is 1. The highest BCUT2D eigenvalue weighted by Gasteiger charge is 2.43. The van der Waals surface area contributed by atoms with Crippen molar-refractivity contribution in [1.82, 2.24) is 14.9 Å². The summed E-state index contributed by atoms with van der Waals surface area (Å²) in [6.45, 7) is 0. The number of hydrogen-bond acceptors (Lipinski definition) is 2. The lowest BCUT2D eigenvalue weighted by Gasteiger charge is -2.39. The van der Waals surface area contributed by atoms with E-state index in [9.17, 15) is 9.18 Å². The van der Waals surface area contributed by atoms with Crippen molar-refractivity contribution in [3.63, 3.8) is 0 Å². The quantitative estimate of drug-likeness (QED) is 0.752. The van der Waals surface area contributed by atoms with Gasteiger partial charge < -0.3 is 9.88 Å². The average Bonchev–Trinajstić information content (AvgIpc) is 3.23. The van der Waals surface area contributed by atoms with Crippen LogP contribution in [0.2, 0.25) is 0 Å². The molecule has 0 saturated carbocycles. The van der Waals surface area contributed by atoms with Crippen LogP contribution in [0.25, 0.3) is 11.0 Å². The maximum Gasteiger partial charge on any atom is 0.254 e. The van der Waals surface area contributed by atoms with Crippen LogP contribution in [0.5, 0.6) is 0 Å². The Morgan fingerprint density at radius 2 is 1.81 bits per heavy atom. The molecule has 1 unspecified atom stereocenters. The Balaban J connectivity index is 1.39. The van der Waals surface area contributed by atoms with Gasteiger partial charge in [-0.15, -0.1) is 0 Å². The van der Waals surface area contributed by atoms with Crippen molar-refractivity contribution in [1.29, 1.82) is 0 Å². The second kappa shape index (κ2) is 5.94. The Labute approximate surface area is 151 Å². The summed E-state index contributed by atoms with van der Waals surface area (Å²) < 4.78 is 13.2. The molecule has 2 fully saturated rings. The smallest absolute Gasteiger partial charge is 0.254 e. The van der Waals surface area contributed by atoms with Crippen LogP contribution in [0.3, 0.4) is 0 Å². The van der Waals surface area contributed by atoms with Gasteiger partial charge in [-0.25, -0.2) is 9.37 Å². The zero-order chi connectivity index (χ0) is 17.7. The van der Waals surface area contributed by atoms with Crippen LogP contribution >= 0.6 is 0 Å². The van der Waals surface area contributed by atoms with Gasteiger partial charge in [-0.1, -0.05) is 12.1 Å². The number of piperidine rings is 1. The van der Waals surface area contributed by atoms with Crippen molar-refractivity contribution in [2.24, 2.45) is 0 Å². The van der Waals surface area contributed by atoms with Gasteiger partial charge in [0.15, 0.2) is 0 Å². The second-order valence-corrected chi connectivity index (χ2v) is 7.45. The van der Waals surface area contributed by atoms with Crippen LogP contribution in [0.15, 0.2) is 48.8 Å². The molecule has 0 spiro atoms. The standard InChI is InChI=1S/C21H20FN3O/c22-16-4-1-13(2-5-16)15-9-17-6-7-18(10-15)25(17)21(26)14-3-8-19-20(11-14)24-12-23-19/h1-5,8,11-12,15,17-18H,6-7,9-10H2,(H,23,24)/t15?,17-,18+. The molecule has 5 heteroatoms. The maximum absolute atomic E-state index is 13.2. The number of amides is 1. The van der Waals surface area contributed by atoms with E-state index in [0.29, 0.717) is 5.92 Å². The highest BCUT2D eigenvalue weighted by molar-refractivity contribution is 5.97. The van der Waals surface area contributed by atoms with Crippen molar-refractivity contribution in [2.75, 3.05) is 0 Å². The number of fused-ring (bicyclic) bond motifs is 3. The maximum atomic E-state index is 13.2. The lowest BCUT2D eigenvalue weighted by Crippen LogP contribution is -2.46. The van der Waals surface area contributed by atoms with Gasteiger partial charge in [0.2, 0.25) is 0 Å². The summed E-state index contributed by atoms with van der Waals surface area (Å²) in [5, 5.41) is 0. The van der Waals surface area contributed by atoms with Gasteiger partial charge in [0.05, 0.1) is 17.4 Å². The number of carbonyl (C=O) groups excluding carboxylic acids is 1. The third-order valence-electron chi connectivity index (χ3n) is 5.98. The largest absolute Gasteiger partial charge is 0.345 e. The van der Waals surface area contributed by atoms with Gasteiger partial charge in [0.1, 0.15) is 5.82 Å². The number of aromatic nitrogens is 2. The van der Waals surface area contributed by atoms with E-state index >= 15 is 0 Å². The summed E-state index contributed by atoms with van der Waals surface area (Å²) in [6, 6.07) is 13.1.